The lowest BCUT2D eigenvalue weighted by Crippen LogP contribution is -2.43. The first kappa shape index (κ1) is 22.3. The molecular formula is C28H39N2+. The van der Waals surface area contributed by atoms with Crippen molar-refractivity contribution < 1.29 is 4.57 Å². The van der Waals surface area contributed by atoms with Gasteiger partial charge in [0.25, 0.3) is 5.82 Å². The van der Waals surface area contributed by atoms with Gasteiger partial charge in [0, 0.05) is 5.41 Å². The van der Waals surface area contributed by atoms with Gasteiger partial charge in [-0.15, -0.1) is 0 Å². The highest BCUT2D eigenvalue weighted by atomic mass is 15.1. The quantitative estimate of drug-likeness (QED) is 0.249. The number of nitrogens with zero attached hydrogens (tertiary/aromatic N) is 1. The Morgan fingerprint density at radius 2 is 1.53 bits per heavy atom. The maximum atomic E-state index is 3.67. The third kappa shape index (κ3) is 5.41. The van der Waals surface area contributed by atoms with Crippen molar-refractivity contribution >= 4 is 0 Å². The lowest BCUT2D eigenvalue weighted by molar-refractivity contribution is -0.705. The van der Waals surface area contributed by atoms with E-state index in [0.29, 0.717) is 5.92 Å². The zero-order chi connectivity index (χ0) is 21.2. The van der Waals surface area contributed by atoms with Crippen LogP contribution in [0.15, 0.2) is 73.1 Å². The van der Waals surface area contributed by atoms with Gasteiger partial charge in [-0.1, -0.05) is 101 Å². The number of aromatic amines is 1. The molecule has 0 saturated heterocycles. The zero-order valence-corrected chi connectivity index (χ0v) is 19.1. The number of aromatic nitrogens is 2. The van der Waals surface area contributed by atoms with Gasteiger partial charge < -0.3 is 0 Å². The number of nitrogens with one attached hydrogen (secondary N) is 1. The summed E-state index contributed by atoms with van der Waals surface area (Å²) >= 11 is 0. The molecule has 3 rings (SSSR count). The number of benzene rings is 2. The first-order chi connectivity index (χ1) is 14.7. The maximum Gasteiger partial charge on any atom is 0.258 e. The van der Waals surface area contributed by atoms with Crippen LogP contribution in [0.25, 0.3) is 0 Å². The molecule has 0 bridgehead atoms. The Bertz CT molecular complexity index is 853. The van der Waals surface area contributed by atoms with E-state index >= 15 is 0 Å². The van der Waals surface area contributed by atoms with E-state index in [1.54, 1.807) is 0 Å². The molecule has 2 heteroatoms. The number of imidazole rings is 1. The Labute approximate surface area is 183 Å². The lowest BCUT2D eigenvalue weighted by Gasteiger charge is -2.37. The second kappa shape index (κ2) is 11.2. The van der Waals surface area contributed by atoms with E-state index < -0.39 is 0 Å². The van der Waals surface area contributed by atoms with Gasteiger partial charge in [0.05, 0.1) is 12.5 Å². The Morgan fingerprint density at radius 3 is 2.20 bits per heavy atom. The highest BCUT2D eigenvalue weighted by Gasteiger charge is 2.41. The molecule has 0 spiro atoms. The molecule has 2 atom stereocenters. The molecule has 1 heterocycles. The van der Waals surface area contributed by atoms with E-state index in [2.05, 4.69) is 103 Å². The molecule has 0 saturated carbocycles. The summed E-state index contributed by atoms with van der Waals surface area (Å²) in [5.41, 5.74) is 2.87. The van der Waals surface area contributed by atoms with Crippen molar-refractivity contribution in [3.8, 4) is 0 Å². The van der Waals surface area contributed by atoms with Gasteiger partial charge in [0.15, 0.2) is 0 Å². The molecule has 30 heavy (non-hydrogen) atoms. The molecule has 0 aliphatic rings. The molecule has 2 aromatic carbocycles. The van der Waals surface area contributed by atoms with E-state index in [9.17, 15) is 0 Å². The fourth-order valence-electron chi connectivity index (χ4n) is 4.83. The summed E-state index contributed by atoms with van der Waals surface area (Å²) in [4.78, 5) is 3.67. The smallest absolute Gasteiger partial charge is 0.247 e. The molecule has 0 aliphatic carbocycles. The van der Waals surface area contributed by atoms with Crippen molar-refractivity contribution in [2.45, 2.75) is 83.6 Å². The van der Waals surface area contributed by atoms with Crippen molar-refractivity contribution in [1.82, 2.24) is 4.98 Å². The van der Waals surface area contributed by atoms with Crippen LogP contribution in [0, 0.1) is 0 Å². The van der Waals surface area contributed by atoms with Crippen LogP contribution in [0.2, 0.25) is 0 Å². The highest BCUT2D eigenvalue weighted by Crippen LogP contribution is 2.43. The van der Waals surface area contributed by atoms with E-state index in [1.165, 1.54) is 55.5 Å². The number of unbranched alkanes of at least 4 members (excludes halogenated alkanes) is 3. The van der Waals surface area contributed by atoms with Crippen LogP contribution in [0.5, 0.6) is 0 Å². The third-order valence-corrected chi connectivity index (χ3v) is 6.59. The minimum Gasteiger partial charge on any atom is -0.247 e. The molecular weight excluding hydrogens is 364 g/mol. The van der Waals surface area contributed by atoms with Gasteiger partial charge in [0.1, 0.15) is 12.4 Å². The second-order valence-electron chi connectivity index (χ2n) is 8.89. The predicted molar refractivity (Wildman–Crippen MR) is 127 cm³/mol. The van der Waals surface area contributed by atoms with Gasteiger partial charge in [0.2, 0.25) is 0 Å². The lowest BCUT2D eigenvalue weighted by atomic mass is 9.66. The zero-order valence-electron chi connectivity index (χ0n) is 19.1. The summed E-state index contributed by atoms with van der Waals surface area (Å²) in [6, 6.07) is 22.2. The topological polar surface area (TPSA) is 19.7 Å². The molecule has 0 amide bonds. The molecule has 0 fully saturated rings. The maximum absolute atomic E-state index is 3.67. The SMILES string of the molecule is CCCCC[n+]1cc[nH]c1C(CCCC)C(C)(Cc1ccccc1)c1ccccc1. The van der Waals surface area contributed by atoms with Crippen molar-refractivity contribution in [2.75, 3.05) is 0 Å². The van der Waals surface area contributed by atoms with Gasteiger partial charge >= 0.3 is 0 Å². The molecule has 160 valence electrons. The standard InChI is InChI=1S/C28H38N2/c1-4-6-14-21-30-22-20-29-27(30)26(19-7-5-2)28(3,25-17-12-9-13-18-25)23-24-15-10-8-11-16-24/h8-13,15-18,20,22,26H,4-7,14,19,21,23H2,1-3H3/p+1. The van der Waals surface area contributed by atoms with Crippen molar-refractivity contribution in [3.05, 3.63) is 90.0 Å². The van der Waals surface area contributed by atoms with E-state index in [-0.39, 0.29) is 5.41 Å². The second-order valence-corrected chi connectivity index (χ2v) is 8.89. The number of rotatable bonds is 12. The molecule has 1 N–H and O–H groups in total. The molecule has 0 aliphatic heterocycles. The molecule has 1 aromatic heterocycles. The van der Waals surface area contributed by atoms with E-state index in [0.717, 1.165) is 13.0 Å². The summed E-state index contributed by atoms with van der Waals surface area (Å²) in [5.74, 6) is 1.83. The number of H-pyrrole nitrogens is 1. The number of hydrogen-bond acceptors (Lipinski definition) is 0. The van der Waals surface area contributed by atoms with Crippen LogP contribution in [0.4, 0.5) is 0 Å². The predicted octanol–water partition coefficient (Wildman–Crippen LogP) is 6.97. The van der Waals surface area contributed by atoms with Crippen LogP contribution in [0.3, 0.4) is 0 Å². The Kier molecular flexibility index (Phi) is 8.30. The summed E-state index contributed by atoms with van der Waals surface area (Å²) in [7, 11) is 0. The van der Waals surface area contributed by atoms with Gasteiger partial charge in [-0.05, 0) is 36.8 Å². The van der Waals surface area contributed by atoms with Crippen LogP contribution in [-0.4, -0.2) is 4.98 Å². The van der Waals surface area contributed by atoms with E-state index in [4.69, 9.17) is 0 Å². The highest BCUT2D eigenvalue weighted by molar-refractivity contribution is 5.32. The average molecular weight is 404 g/mol. The molecule has 3 aromatic rings. The summed E-state index contributed by atoms with van der Waals surface area (Å²) < 4.78 is 2.49. The van der Waals surface area contributed by atoms with Gasteiger partial charge in [-0.25, -0.2) is 9.55 Å². The minimum atomic E-state index is 0.0230. The van der Waals surface area contributed by atoms with Crippen LogP contribution >= 0.6 is 0 Å². The number of hydrogen-bond donors (Lipinski definition) is 1. The van der Waals surface area contributed by atoms with E-state index in [1.807, 2.05) is 0 Å². The van der Waals surface area contributed by atoms with Gasteiger partial charge in [-0.2, -0.15) is 0 Å². The van der Waals surface area contributed by atoms with Crippen LogP contribution in [0.1, 0.15) is 82.2 Å². The summed E-state index contributed by atoms with van der Waals surface area (Å²) in [6.45, 7) is 8.16. The fourth-order valence-corrected chi connectivity index (χ4v) is 4.83. The monoisotopic (exact) mass is 403 g/mol. The largest absolute Gasteiger partial charge is 0.258 e. The van der Waals surface area contributed by atoms with Crippen LogP contribution in [-0.2, 0) is 18.4 Å². The first-order valence-electron chi connectivity index (χ1n) is 11.8. The average Bonchev–Trinajstić information content (AvgIpc) is 3.23. The summed E-state index contributed by atoms with van der Waals surface area (Å²) in [6.07, 6.45) is 12.9. The first-order valence-corrected chi connectivity index (χ1v) is 11.8. The Hall–Kier alpha value is -2.35. The summed E-state index contributed by atoms with van der Waals surface area (Å²) in [5, 5.41) is 0. The molecule has 0 radical (unpaired) electrons. The number of aryl methyl sites for hydroxylation is 1. The van der Waals surface area contributed by atoms with Crippen LogP contribution < -0.4 is 4.57 Å². The Balaban J connectivity index is 2.03. The van der Waals surface area contributed by atoms with Crippen molar-refractivity contribution in [1.29, 1.82) is 0 Å². The fraction of sp³-hybridized carbons (Fsp3) is 0.464. The minimum absolute atomic E-state index is 0.0230. The Morgan fingerprint density at radius 1 is 0.867 bits per heavy atom. The normalized spacial score (nSPS) is 14.4. The molecule has 2 unspecified atom stereocenters. The van der Waals surface area contributed by atoms with Gasteiger partial charge in [-0.3, -0.25) is 0 Å². The molecule has 2 nitrogen and oxygen atoms in total. The van der Waals surface area contributed by atoms with Crippen molar-refractivity contribution in [2.24, 2.45) is 0 Å². The van der Waals surface area contributed by atoms with Crippen molar-refractivity contribution in [3.63, 3.8) is 0 Å². The third-order valence-electron chi connectivity index (χ3n) is 6.59.